The van der Waals surface area contributed by atoms with Gasteiger partial charge < -0.3 is 9.64 Å². The molecule has 1 atom stereocenters. The molecular formula is C19H26N2O2. The summed E-state index contributed by atoms with van der Waals surface area (Å²) in [7, 11) is 0. The van der Waals surface area contributed by atoms with Crippen LogP contribution in [-0.2, 0) is 4.79 Å². The van der Waals surface area contributed by atoms with E-state index in [1.807, 2.05) is 11.8 Å². The maximum atomic E-state index is 12.3. The second kappa shape index (κ2) is 8.01. The highest BCUT2D eigenvalue weighted by Gasteiger charge is 2.25. The van der Waals surface area contributed by atoms with Gasteiger partial charge in [0.2, 0.25) is 5.91 Å². The van der Waals surface area contributed by atoms with Gasteiger partial charge in [0.15, 0.2) is 0 Å². The summed E-state index contributed by atoms with van der Waals surface area (Å²) in [6.45, 7) is 8.31. The average Bonchev–Trinajstić information content (AvgIpc) is 3.08. The Balaban J connectivity index is 1.83. The standard InChI is InChI=1S/C19H26N2O2/c1-14-8-9-15(2)18(16(14)3)23-12-6-7-17(13-20)19(22)21-10-4-5-11-21/h8-9,17H,4-7,10-12H2,1-3H3. The van der Waals surface area contributed by atoms with Gasteiger partial charge in [-0.3, -0.25) is 4.79 Å². The number of benzene rings is 1. The Kier molecular flexibility index (Phi) is 6.04. The third-order valence-electron chi connectivity index (χ3n) is 4.63. The lowest BCUT2D eigenvalue weighted by Crippen LogP contribution is -2.33. The molecular weight excluding hydrogens is 288 g/mol. The third-order valence-corrected chi connectivity index (χ3v) is 4.63. The second-order valence-corrected chi connectivity index (χ2v) is 6.36. The number of rotatable bonds is 6. The smallest absolute Gasteiger partial charge is 0.239 e. The summed E-state index contributed by atoms with van der Waals surface area (Å²) in [5, 5.41) is 9.26. The highest BCUT2D eigenvalue weighted by Crippen LogP contribution is 2.26. The summed E-state index contributed by atoms with van der Waals surface area (Å²) in [6.07, 6.45) is 3.39. The van der Waals surface area contributed by atoms with Crippen molar-refractivity contribution < 1.29 is 9.53 Å². The van der Waals surface area contributed by atoms with E-state index in [1.165, 1.54) is 5.56 Å². The van der Waals surface area contributed by atoms with E-state index in [9.17, 15) is 10.1 Å². The third kappa shape index (κ3) is 4.25. The van der Waals surface area contributed by atoms with E-state index in [2.05, 4.69) is 32.0 Å². The minimum Gasteiger partial charge on any atom is -0.493 e. The summed E-state index contributed by atoms with van der Waals surface area (Å²) in [5.74, 6) is 0.397. The van der Waals surface area contributed by atoms with E-state index in [4.69, 9.17) is 4.74 Å². The lowest BCUT2D eigenvalue weighted by atomic mass is 10.0. The molecule has 0 aliphatic carbocycles. The molecule has 1 heterocycles. The van der Waals surface area contributed by atoms with E-state index >= 15 is 0 Å². The van der Waals surface area contributed by atoms with Crippen LogP contribution in [0.25, 0.3) is 0 Å². The zero-order chi connectivity index (χ0) is 16.8. The molecule has 0 saturated carbocycles. The lowest BCUT2D eigenvalue weighted by molar-refractivity contribution is -0.132. The zero-order valence-electron chi connectivity index (χ0n) is 14.4. The number of hydrogen-bond donors (Lipinski definition) is 0. The molecule has 1 aliphatic heterocycles. The van der Waals surface area contributed by atoms with Gasteiger partial charge in [-0.1, -0.05) is 12.1 Å². The van der Waals surface area contributed by atoms with Crippen LogP contribution in [0.1, 0.15) is 42.4 Å². The molecule has 1 saturated heterocycles. The van der Waals surface area contributed by atoms with Crippen molar-refractivity contribution in [1.82, 2.24) is 4.90 Å². The van der Waals surface area contributed by atoms with Crippen LogP contribution in [-0.4, -0.2) is 30.5 Å². The number of ether oxygens (including phenoxy) is 1. The fraction of sp³-hybridized carbons (Fsp3) is 0.579. The lowest BCUT2D eigenvalue weighted by Gasteiger charge is -2.19. The Labute approximate surface area is 139 Å². The van der Waals surface area contributed by atoms with Crippen molar-refractivity contribution in [3.63, 3.8) is 0 Å². The molecule has 2 rings (SSSR count). The molecule has 4 nitrogen and oxygen atoms in total. The minimum atomic E-state index is -0.531. The minimum absolute atomic E-state index is 0.00656. The SMILES string of the molecule is Cc1ccc(C)c(OCCCC(C#N)C(=O)N2CCCC2)c1C. The van der Waals surface area contributed by atoms with Crippen LogP contribution in [0.15, 0.2) is 12.1 Å². The fourth-order valence-electron chi connectivity index (χ4n) is 3.01. The van der Waals surface area contributed by atoms with Crippen LogP contribution in [0, 0.1) is 38.0 Å². The molecule has 0 radical (unpaired) electrons. The number of carbonyl (C=O) groups excluding carboxylic acids is 1. The zero-order valence-corrected chi connectivity index (χ0v) is 14.4. The van der Waals surface area contributed by atoms with Gasteiger partial charge in [0.1, 0.15) is 11.7 Å². The van der Waals surface area contributed by atoms with Crippen LogP contribution in [0.3, 0.4) is 0 Å². The maximum absolute atomic E-state index is 12.3. The first-order valence-electron chi connectivity index (χ1n) is 8.42. The van der Waals surface area contributed by atoms with E-state index in [-0.39, 0.29) is 5.91 Å². The van der Waals surface area contributed by atoms with Gasteiger partial charge in [-0.05, 0) is 63.1 Å². The highest BCUT2D eigenvalue weighted by molar-refractivity contribution is 5.81. The van der Waals surface area contributed by atoms with Crippen molar-refractivity contribution in [1.29, 1.82) is 5.26 Å². The number of carbonyl (C=O) groups is 1. The van der Waals surface area contributed by atoms with E-state index in [1.54, 1.807) is 0 Å². The largest absolute Gasteiger partial charge is 0.493 e. The van der Waals surface area contributed by atoms with Crippen molar-refractivity contribution in [3.05, 3.63) is 28.8 Å². The van der Waals surface area contributed by atoms with Gasteiger partial charge in [-0.2, -0.15) is 5.26 Å². The van der Waals surface area contributed by atoms with Crippen LogP contribution in [0.5, 0.6) is 5.75 Å². The fourth-order valence-corrected chi connectivity index (χ4v) is 3.01. The number of nitrogens with zero attached hydrogens (tertiary/aromatic N) is 2. The molecule has 0 spiro atoms. The Morgan fingerprint density at radius 2 is 1.91 bits per heavy atom. The Morgan fingerprint density at radius 3 is 2.57 bits per heavy atom. The Hall–Kier alpha value is -2.02. The van der Waals surface area contributed by atoms with Gasteiger partial charge in [0.25, 0.3) is 0 Å². The summed E-state index contributed by atoms with van der Waals surface area (Å²) in [6, 6.07) is 6.32. The second-order valence-electron chi connectivity index (χ2n) is 6.36. The first-order valence-corrected chi connectivity index (χ1v) is 8.42. The molecule has 0 aromatic heterocycles. The number of aryl methyl sites for hydroxylation is 2. The predicted octanol–water partition coefficient (Wildman–Crippen LogP) is 3.53. The molecule has 1 fully saturated rings. The quantitative estimate of drug-likeness (QED) is 0.755. The summed E-state index contributed by atoms with van der Waals surface area (Å²) >= 11 is 0. The molecule has 4 heteroatoms. The first kappa shape index (κ1) is 17.3. The Morgan fingerprint density at radius 1 is 1.26 bits per heavy atom. The molecule has 0 N–H and O–H groups in total. The molecule has 0 bridgehead atoms. The monoisotopic (exact) mass is 314 g/mol. The van der Waals surface area contributed by atoms with Gasteiger partial charge in [-0.15, -0.1) is 0 Å². The van der Waals surface area contributed by atoms with Crippen LogP contribution in [0.2, 0.25) is 0 Å². The van der Waals surface area contributed by atoms with Gasteiger partial charge in [0.05, 0.1) is 12.7 Å². The molecule has 1 aromatic rings. The summed E-state index contributed by atoms with van der Waals surface area (Å²) in [5.41, 5.74) is 3.50. The molecule has 1 unspecified atom stereocenters. The van der Waals surface area contributed by atoms with Crippen molar-refractivity contribution >= 4 is 5.91 Å². The van der Waals surface area contributed by atoms with Crippen LogP contribution in [0.4, 0.5) is 0 Å². The van der Waals surface area contributed by atoms with Crippen molar-refractivity contribution in [3.8, 4) is 11.8 Å². The van der Waals surface area contributed by atoms with E-state index in [0.29, 0.717) is 19.4 Å². The number of likely N-dealkylation sites (tertiary alicyclic amines) is 1. The predicted molar refractivity (Wildman–Crippen MR) is 90.3 cm³/mol. The first-order chi connectivity index (χ1) is 11.0. The molecule has 1 aliphatic rings. The van der Waals surface area contributed by atoms with E-state index in [0.717, 1.165) is 42.8 Å². The van der Waals surface area contributed by atoms with Crippen LogP contribution >= 0.6 is 0 Å². The van der Waals surface area contributed by atoms with Crippen molar-refractivity contribution in [2.75, 3.05) is 19.7 Å². The Bertz CT molecular complexity index is 598. The number of nitriles is 1. The van der Waals surface area contributed by atoms with Gasteiger partial charge in [0, 0.05) is 13.1 Å². The average molecular weight is 314 g/mol. The topological polar surface area (TPSA) is 53.3 Å². The molecule has 124 valence electrons. The molecule has 1 aromatic carbocycles. The van der Waals surface area contributed by atoms with Crippen molar-refractivity contribution in [2.45, 2.75) is 46.5 Å². The molecule has 23 heavy (non-hydrogen) atoms. The number of amides is 1. The van der Waals surface area contributed by atoms with Crippen molar-refractivity contribution in [2.24, 2.45) is 5.92 Å². The van der Waals surface area contributed by atoms with Gasteiger partial charge >= 0.3 is 0 Å². The summed E-state index contributed by atoms with van der Waals surface area (Å²) in [4.78, 5) is 14.1. The van der Waals surface area contributed by atoms with E-state index < -0.39 is 5.92 Å². The number of hydrogen-bond acceptors (Lipinski definition) is 3. The van der Waals surface area contributed by atoms with Crippen LogP contribution < -0.4 is 4.74 Å². The normalized spacial score (nSPS) is 15.3. The highest BCUT2D eigenvalue weighted by atomic mass is 16.5. The maximum Gasteiger partial charge on any atom is 0.239 e. The summed E-state index contributed by atoms with van der Waals surface area (Å²) < 4.78 is 5.91. The molecule has 1 amide bonds. The van der Waals surface area contributed by atoms with Gasteiger partial charge in [-0.25, -0.2) is 0 Å².